The lowest BCUT2D eigenvalue weighted by Gasteiger charge is -2.12. The topological polar surface area (TPSA) is 84.5 Å². The summed E-state index contributed by atoms with van der Waals surface area (Å²) in [5, 5.41) is 3.31. The van der Waals surface area contributed by atoms with Crippen molar-refractivity contribution in [2.24, 2.45) is 0 Å². The van der Waals surface area contributed by atoms with E-state index in [0.29, 0.717) is 12.6 Å². The summed E-state index contributed by atoms with van der Waals surface area (Å²) in [5.41, 5.74) is 0.0477. The molecule has 0 radical (unpaired) electrons. The van der Waals surface area contributed by atoms with Crippen LogP contribution in [0.5, 0.6) is 0 Å². The van der Waals surface area contributed by atoms with Gasteiger partial charge in [0.2, 0.25) is 10.0 Å². The highest BCUT2D eigenvalue weighted by atomic mass is 35.5. The van der Waals surface area contributed by atoms with Crippen LogP contribution in [0.25, 0.3) is 0 Å². The second kappa shape index (κ2) is 8.47. The van der Waals surface area contributed by atoms with Gasteiger partial charge in [0, 0.05) is 12.6 Å². The monoisotopic (exact) mass is 348 g/mol. The highest BCUT2D eigenvalue weighted by molar-refractivity contribution is 7.89. The lowest BCUT2D eigenvalue weighted by Crippen LogP contribution is -2.31. The molecule has 1 aliphatic rings. The standard InChI is InChI=1S/C14H20N2O4S.ClH/c1-20-14(17)12-6-2-3-7-13(12)21(18,19)16-10-8-11-5-4-9-15-11;/h2-3,6-7,11,15-16H,4-5,8-10H2,1H3;1H/t11-;/m1./s1. The largest absolute Gasteiger partial charge is 0.465 e. The molecule has 0 unspecified atom stereocenters. The van der Waals surface area contributed by atoms with Crippen LogP contribution in [0, 0.1) is 0 Å². The van der Waals surface area contributed by atoms with E-state index in [0.717, 1.165) is 25.8 Å². The molecule has 1 atom stereocenters. The average molecular weight is 349 g/mol. The zero-order valence-electron chi connectivity index (χ0n) is 12.4. The first-order valence-electron chi connectivity index (χ1n) is 6.95. The third-order valence-electron chi connectivity index (χ3n) is 3.53. The number of halogens is 1. The van der Waals surface area contributed by atoms with Crippen LogP contribution in [0.4, 0.5) is 0 Å². The molecule has 1 fully saturated rings. The zero-order chi connectivity index (χ0) is 15.3. The van der Waals surface area contributed by atoms with Gasteiger partial charge in [-0.2, -0.15) is 0 Å². The van der Waals surface area contributed by atoms with Gasteiger partial charge in [-0.1, -0.05) is 12.1 Å². The minimum Gasteiger partial charge on any atom is -0.465 e. The van der Waals surface area contributed by atoms with Crippen LogP contribution in [0.2, 0.25) is 0 Å². The van der Waals surface area contributed by atoms with Crippen molar-refractivity contribution in [2.45, 2.75) is 30.2 Å². The molecular formula is C14H21ClN2O4S. The Balaban J connectivity index is 0.00000242. The SMILES string of the molecule is COC(=O)c1ccccc1S(=O)(=O)NCC[C@H]1CCCN1.Cl. The Morgan fingerprint density at radius 2 is 2.14 bits per heavy atom. The van der Waals surface area contributed by atoms with Crippen molar-refractivity contribution >= 4 is 28.4 Å². The van der Waals surface area contributed by atoms with Crippen LogP contribution < -0.4 is 10.0 Å². The van der Waals surface area contributed by atoms with Gasteiger partial charge in [-0.25, -0.2) is 17.9 Å². The number of carbonyl (C=O) groups is 1. The Morgan fingerprint density at radius 1 is 1.41 bits per heavy atom. The van der Waals surface area contributed by atoms with E-state index in [-0.39, 0.29) is 22.9 Å². The summed E-state index contributed by atoms with van der Waals surface area (Å²) in [6.07, 6.45) is 2.93. The lowest BCUT2D eigenvalue weighted by atomic mass is 10.2. The van der Waals surface area contributed by atoms with Crippen LogP contribution >= 0.6 is 12.4 Å². The predicted octanol–water partition coefficient (Wildman–Crippen LogP) is 1.32. The number of ether oxygens (including phenoxy) is 1. The molecule has 8 heteroatoms. The van der Waals surface area contributed by atoms with Crippen molar-refractivity contribution in [1.82, 2.24) is 10.0 Å². The van der Waals surface area contributed by atoms with Gasteiger partial charge in [-0.15, -0.1) is 12.4 Å². The Kier molecular flexibility index (Phi) is 7.28. The minimum absolute atomic E-state index is 0. The first kappa shape index (κ1) is 18.9. The molecule has 2 rings (SSSR count). The number of hydrogen-bond acceptors (Lipinski definition) is 5. The number of rotatable bonds is 6. The van der Waals surface area contributed by atoms with E-state index in [4.69, 9.17) is 0 Å². The van der Waals surface area contributed by atoms with Crippen LogP contribution in [0.15, 0.2) is 29.2 Å². The number of nitrogens with one attached hydrogen (secondary N) is 2. The molecule has 1 heterocycles. The van der Waals surface area contributed by atoms with Crippen molar-refractivity contribution < 1.29 is 17.9 Å². The highest BCUT2D eigenvalue weighted by Crippen LogP contribution is 2.16. The fraction of sp³-hybridized carbons (Fsp3) is 0.500. The maximum Gasteiger partial charge on any atom is 0.339 e. The second-order valence-corrected chi connectivity index (χ2v) is 6.70. The fourth-order valence-corrected chi connectivity index (χ4v) is 3.67. The molecule has 0 spiro atoms. The van der Waals surface area contributed by atoms with E-state index in [9.17, 15) is 13.2 Å². The van der Waals surface area contributed by atoms with Gasteiger partial charge < -0.3 is 10.1 Å². The molecule has 0 aliphatic carbocycles. The molecule has 124 valence electrons. The lowest BCUT2D eigenvalue weighted by molar-refractivity contribution is 0.0596. The van der Waals surface area contributed by atoms with Crippen molar-refractivity contribution in [1.29, 1.82) is 0 Å². The Bertz CT molecular complexity index is 601. The van der Waals surface area contributed by atoms with E-state index < -0.39 is 16.0 Å². The van der Waals surface area contributed by atoms with Gasteiger partial charge in [0.25, 0.3) is 0 Å². The number of benzene rings is 1. The van der Waals surface area contributed by atoms with E-state index in [1.165, 1.54) is 19.2 Å². The van der Waals surface area contributed by atoms with Crippen molar-refractivity contribution in [3.63, 3.8) is 0 Å². The summed E-state index contributed by atoms with van der Waals surface area (Å²) in [7, 11) is -2.49. The Hall–Kier alpha value is -1.15. The molecule has 0 saturated carbocycles. The van der Waals surface area contributed by atoms with Crippen LogP contribution in [-0.4, -0.2) is 40.6 Å². The van der Waals surface area contributed by atoms with Crippen LogP contribution in [0.1, 0.15) is 29.6 Å². The van der Waals surface area contributed by atoms with E-state index >= 15 is 0 Å². The van der Waals surface area contributed by atoms with Crippen molar-refractivity contribution in [2.75, 3.05) is 20.2 Å². The minimum atomic E-state index is -3.72. The van der Waals surface area contributed by atoms with Crippen molar-refractivity contribution in [3.8, 4) is 0 Å². The van der Waals surface area contributed by atoms with Gasteiger partial charge in [0.15, 0.2) is 0 Å². The molecule has 22 heavy (non-hydrogen) atoms. The maximum atomic E-state index is 12.3. The van der Waals surface area contributed by atoms with Gasteiger partial charge in [0.05, 0.1) is 17.6 Å². The van der Waals surface area contributed by atoms with Gasteiger partial charge in [0.1, 0.15) is 0 Å². The van der Waals surface area contributed by atoms with Gasteiger partial charge >= 0.3 is 5.97 Å². The second-order valence-electron chi connectivity index (χ2n) is 4.97. The Labute approximate surface area is 137 Å². The average Bonchev–Trinajstić information content (AvgIpc) is 2.99. The van der Waals surface area contributed by atoms with Crippen LogP contribution in [0.3, 0.4) is 0 Å². The number of methoxy groups -OCH3 is 1. The molecule has 6 nitrogen and oxygen atoms in total. The number of hydrogen-bond donors (Lipinski definition) is 2. The Morgan fingerprint density at radius 3 is 2.77 bits per heavy atom. The number of carbonyl (C=O) groups excluding carboxylic acids is 1. The van der Waals surface area contributed by atoms with E-state index in [1.54, 1.807) is 12.1 Å². The van der Waals surface area contributed by atoms with Gasteiger partial charge in [-0.05, 0) is 37.9 Å². The predicted molar refractivity (Wildman–Crippen MR) is 85.9 cm³/mol. The smallest absolute Gasteiger partial charge is 0.339 e. The summed E-state index contributed by atoms with van der Waals surface area (Å²) in [6, 6.07) is 6.40. The molecule has 0 bridgehead atoms. The zero-order valence-corrected chi connectivity index (χ0v) is 14.0. The maximum absolute atomic E-state index is 12.3. The number of sulfonamides is 1. The third-order valence-corrected chi connectivity index (χ3v) is 5.05. The molecule has 1 aliphatic heterocycles. The quantitative estimate of drug-likeness (QED) is 0.757. The molecule has 0 aromatic heterocycles. The fourth-order valence-electron chi connectivity index (χ4n) is 2.43. The van der Waals surface area contributed by atoms with Crippen LogP contribution in [-0.2, 0) is 14.8 Å². The number of esters is 1. The van der Waals surface area contributed by atoms with E-state index in [1.807, 2.05) is 0 Å². The summed E-state index contributed by atoms with van der Waals surface area (Å²) in [5.74, 6) is -0.659. The molecule has 1 aromatic carbocycles. The first-order valence-corrected chi connectivity index (χ1v) is 8.43. The molecule has 1 aromatic rings. The van der Waals surface area contributed by atoms with Gasteiger partial charge in [-0.3, -0.25) is 0 Å². The molecule has 1 saturated heterocycles. The highest BCUT2D eigenvalue weighted by Gasteiger charge is 2.23. The third kappa shape index (κ3) is 4.67. The summed E-state index contributed by atoms with van der Waals surface area (Å²) < 4.78 is 31.8. The molecule has 2 N–H and O–H groups in total. The summed E-state index contributed by atoms with van der Waals surface area (Å²) >= 11 is 0. The van der Waals surface area contributed by atoms with Crippen molar-refractivity contribution in [3.05, 3.63) is 29.8 Å². The summed E-state index contributed by atoms with van der Waals surface area (Å²) in [6.45, 7) is 1.33. The molecular weight excluding hydrogens is 328 g/mol. The summed E-state index contributed by atoms with van der Waals surface area (Å²) in [4.78, 5) is 11.6. The first-order chi connectivity index (χ1) is 10.0. The normalized spacial score (nSPS) is 17.8. The van der Waals surface area contributed by atoms with E-state index in [2.05, 4.69) is 14.8 Å². The molecule has 0 amide bonds.